The van der Waals surface area contributed by atoms with E-state index in [0.717, 1.165) is 49.0 Å². The molecule has 3 heterocycles. The first-order valence-corrected chi connectivity index (χ1v) is 10.4. The number of amides is 2. The Labute approximate surface area is 162 Å². The van der Waals surface area contributed by atoms with Gasteiger partial charge in [-0.2, -0.15) is 0 Å². The van der Waals surface area contributed by atoms with Crippen molar-refractivity contribution in [2.75, 3.05) is 45.8 Å². The first-order chi connectivity index (χ1) is 13.1. The van der Waals surface area contributed by atoms with E-state index in [4.69, 9.17) is 0 Å². The number of carbonyl (C=O) groups is 2. The molecule has 7 heteroatoms. The summed E-state index contributed by atoms with van der Waals surface area (Å²) in [5.74, 6) is -0.0736. The van der Waals surface area contributed by atoms with Crippen molar-refractivity contribution in [3.63, 3.8) is 0 Å². The number of carbonyl (C=O) groups excluding carboxylic acids is 2. The molecule has 1 aromatic carbocycles. The van der Waals surface area contributed by atoms with Crippen molar-refractivity contribution in [2.24, 2.45) is 0 Å². The Bertz CT molecular complexity index is 847. The summed E-state index contributed by atoms with van der Waals surface area (Å²) in [6, 6.07) is 6.40. The zero-order chi connectivity index (χ0) is 18.8. The van der Waals surface area contributed by atoms with Gasteiger partial charge in [-0.1, -0.05) is 0 Å². The third-order valence-electron chi connectivity index (χ3n) is 5.38. The summed E-state index contributed by atoms with van der Waals surface area (Å²) in [4.78, 5) is 31.9. The molecule has 2 fully saturated rings. The average molecular weight is 389 g/mol. The van der Waals surface area contributed by atoms with Gasteiger partial charge in [0, 0.05) is 44.0 Å². The van der Waals surface area contributed by atoms with Gasteiger partial charge >= 0.3 is 0 Å². The van der Waals surface area contributed by atoms with Crippen LogP contribution in [-0.2, 0) is 4.79 Å². The summed E-state index contributed by atoms with van der Waals surface area (Å²) in [7, 11) is 0. The second kappa shape index (κ2) is 7.94. The Morgan fingerprint density at radius 2 is 1.70 bits per heavy atom. The standard InChI is InChI=1S/C20H24FN3O2S/c21-16-4-5-17-15(12-16)13-18(27-17)20(26)24-9-3-6-22(10-11-24)14-19(25)23-7-1-2-8-23/h4-5,12-13H,1-3,6-11,14H2. The number of benzene rings is 1. The second-order valence-corrected chi connectivity index (χ2v) is 8.39. The number of thiophene rings is 1. The minimum atomic E-state index is -0.285. The number of rotatable bonds is 3. The van der Waals surface area contributed by atoms with Gasteiger partial charge in [0.25, 0.3) is 5.91 Å². The van der Waals surface area contributed by atoms with Crippen LogP contribution in [0.15, 0.2) is 24.3 Å². The monoisotopic (exact) mass is 389 g/mol. The molecule has 144 valence electrons. The first kappa shape index (κ1) is 18.4. The maximum Gasteiger partial charge on any atom is 0.264 e. The molecule has 2 saturated heterocycles. The fourth-order valence-corrected chi connectivity index (χ4v) is 4.88. The van der Waals surface area contributed by atoms with E-state index in [2.05, 4.69) is 4.90 Å². The van der Waals surface area contributed by atoms with Crippen LogP contribution in [0.4, 0.5) is 4.39 Å². The number of fused-ring (bicyclic) bond motifs is 1. The van der Waals surface area contributed by atoms with E-state index >= 15 is 0 Å². The molecule has 0 aliphatic carbocycles. The molecule has 0 bridgehead atoms. The molecule has 0 radical (unpaired) electrons. The Hall–Kier alpha value is -1.99. The highest BCUT2D eigenvalue weighted by Crippen LogP contribution is 2.27. The maximum atomic E-state index is 13.4. The van der Waals surface area contributed by atoms with E-state index in [1.807, 2.05) is 9.80 Å². The predicted octanol–water partition coefficient (Wildman–Crippen LogP) is 2.81. The number of likely N-dealkylation sites (tertiary alicyclic amines) is 1. The van der Waals surface area contributed by atoms with Crippen LogP contribution in [-0.4, -0.2) is 72.3 Å². The van der Waals surface area contributed by atoms with Crippen LogP contribution in [0.2, 0.25) is 0 Å². The maximum absolute atomic E-state index is 13.4. The van der Waals surface area contributed by atoms with Crippen LogP contribution in [0.5, 0.6) is 0 Å². The Morgan fingerprint density at radius 3 is 2.52 bits per heavy atom. The predicted molar refractivity (Wildman–Crippen MR) is 105 cm³/mol. The van der Waals surface area contributed by atoms with E-state index < -0.39 is 0 Å². The summed E-state index contributed by atoms with van der Waals surface area (Å²) in [6.45, 7) is 5.06. The molecule has 27 heavy (non-hydrogen) atoms. The van der Waals surface area contributed by atoms with Gasteiger partial charge < -0.3 is 9.80 Å². The van der Waals surface area contributed by atoms with Crippen molar-refractivity contribution >= 4 is 33.2 Å². The molecular weight excluding hydrogens is 365 g/mol. The van der Waals surface area contributed by atoms with Gasteiger partial charge in [0.2, 0.25) is 5.91 Å². The lowest BCUT2D eigenvalue weighted by Gasteiger charge is -2.23. The van der Waals surface area contributed by atoms with Gasteiger partial charge in [-0.15, -0.1) is 11.3 Å². The van der Waals surface area contributed by atoms with Crippen molar-refractivity contribution in [3.8, 4) is 0 Å². The van der Waals surface area contributed by atoms with Crippen LogP contribution in [0, 0.1) is 5.82 Å². The molecule has 2 aliphatic rings. The normalized spacial score (nSPS) is 18.9. The van der Waals surface area contributed by atoms with Crippen LogP contribution < -0.4 is 0 Å². The molecule has 2 amide bonds. The highest BCUT2D eigenvalue weighted by molar-refractivity contribution is 7.20. The van der Waals surface area contributed by atoms with Crippen molar-refractivity contribution in [2.45, 2.75) is 19.3 Å². The van der Waals surface area contributed by atoms with Crippen molar-refractivity contribution < 1.29 is 14.0 Å². The summed E-state index contributed by atoms with van der Waals surface area (Å²) in [5, 5.41) is 0.774. The molecule has 2 aliphatic heterocycles. The van der Waals surface area contributed by atoms with Crippen LogP contribution in [0.3, 0.4) is 0 Å². The van der Waals surface area contributed by atoms with E-state index in [0.29, 0.717) is 31.1 Å². The third-order valence-corrected chi connectivity index (χ3v) is 6.49. The summed E-state index contributed by atoms with van der Waals surface area (Å²) >= 11 is 1.41. The van der Waals surface area contributed by atoms with E-state index in [-0.39, 0.29) is 17.6 Å². The lowest BCUT2D eigenvalue weighted by atomic mass is 10.2. The van der Waals surface area contributed by atoms with Crippen LogP contribution in [0.1, 0.15) is 28.9 Å². The number of nitrogens with zero attached hydrogens (tertiary/aromatic N) is 3. The van der Waals surface area contributed by atoms with Gasteiger partial charge in [0.05, 0.1) is 11.4 Å². The minimum Gasteiger partial charge on any atom is -0.342 e. The molecule has 0 atom stereocenters. The van der Waals surface area contributed by atoms with Gasteiger partial charge in [-0.05, 0) is 48.9 Å². The summed E-state index contributed by atoms with van der Waals surface area (Å²) < 4.78 is 14.3. The lowest BCUT2D eigenvalue weighted by molar-refractivity contribution is -0.131. The van der Waals surface area contributed by atoms with E-state index in [9.17, 15) is 14.0 Å². The summed E-state index contributed by atoms with van der Waals surface area (Å²) in [6.07, 6.45) is 3.07. The first-order valence-electron chi connectivity index (χ1n) is 9.59. The Balaban J connectivity index is 1.38. The highest BCUT2D eigenvalue weighted by Gasteiger charge is 2.25. The molecule has 2 aromatic rings. The van der Waals surface area contributed by atoms with Gasteiger partial charge in [0.15, 0.2) is 0 Å². The highest BCUT2D eigenvalue weighted by atomic mass is 32.1. The molecular formula is C20H24FN3O2S. The summed E-state index contributed by atoms with van der Waals surface area (Å²) in [5.41, 5.74) is 0. The molecule has 1 aromatic heterocycles. The van der Waals surface area contributed by atoms with Crippen LogP contribution >= 0.6 is 11.3 Å². The number of hydrogen-bond donors (Lipinski definition) is 0. The molecule has 4 rings (SSSR count). The van der Waals surface area contributed by atoms with Gasteiger partial charge in [-0.25, -0.2) is 4.39 Å². The van der Waals surface area contributed by atoms with Crippen molar-refractivity contribution in [3.05, 3.63) is 35.0 Å². The molecule has 0 N–H and O–H groups in total. The molecule has 5 nitrogen and oxygen atoms in total. The van der Waals surface area contributed by atoms with Crippen molar-refractivity contribution in [1.82, 2.24) is 14.7 Å². The number of halogens is 1. The quantitative estimate of drug-likeness (QED) is 0.811. The minimum absolute atomic E-state index is 0.00401. The largest absolute Gasteiger partial charge is 0.342 e. The van der Waals surface area contributed by atoms with Crippen molar-refractivity contribution in [1.29, 1.82) is 0 Å². The SMILES string of the molecule is O=C(CN1CCCN(C(=O)c2cc3cc(F)ccc3s2)CC1)N1CCCC1. The molecule has 0 saturated carbocycles. The van der Waals surface area contributed by atoms with E-state index in [1.54, 1.807) is 12.1 Å². The number of hydrogen-bond acceptors (Lipinski definition) is 4. The van der Waals surface area contributed by atoms with Crippen LogP contribution in [0.25, 0.3) is 10.1 Å². The second-order valence-electron chi connectivity index (χ2n) is 7.30. The zero-order valence-electron chi connectivity index (χ0n) is 15.3. The fourth-order valence-electron chi connectivity index (χ4n) is 3.87. The molecule has 0 unspecified atom stereocenters. The fraction of sp³-hybridized carbons (Fsp3) is 0.500. The smallest absolute Gasteiger partial charge is 0.264 e. The average Bonchev–Trinajstić information content (AvgIpc) is 3.27. The van der Waals surface area contributed by atoms with Gasteiger partial charge in [-0.3, -0.25) is 14.5 Å². The Kier molecular flexibility index (Phi) is 5.41. The molecule has 0 spiro atoms. The zero-order valence-corrected chi connectivity index (χ0v) is 16.1. The Morgan fingerprint density at radius 1 is 0.926 bits per heavy atom. The van der Waals surface area contributed by atoms with Gasteiger partial charge in [0.1, 0.15) is 5.82 Å². The van der Waals surface area contributed by atoms with E-state index in [1.165, 1.54) is 23.5 Å². The third kappa shape index (κ3) is 4.14. The topological polar surface area (TPSA) is 43.9 Å². The lowest BCUT2D eigenvalue weighted by Crippen LogP contribution is -2.41.